The third-order valence-electron chi connectivity index (χ3n) is 3.85. The fraction of sp³-hybridized carbons (Fsp3) is 0.786. The maximum atomic E-state index is 4.47. The lowest BCUT2D eigenvalue weighted by Crippen LogP contribution is -2.43. The molecule has 1 aliphatic rings. The number of nitrogens with zero attached hydrogens (tertiary/aromatic N) is 3. The highest BCUT2D eigenvalue weighted by molar-refractivity contribution is 4.92. The molecule has 2 heterocycles. The first kappa shape index (κ1) is 13.6. The molecule has 1 aliphatic heterocycles. The molecule has 1 saturated heterocycles. The number of nitrogens with one attached hydrogen (secondary N) is 1. The molecule has 1 aromatic heterocycles. The summed E-state index contributed by atoms with van der Waals surface area (Å²) < 4.78 is 2.23. The van der Waals surface area contributed by atoms with E-state index in [1.165, 1.54) is 31.6 Å². The summed E-state index contributed by atoms with van der Waals surface area (Å²) in [7, 11) is 0. The van der Waals surface area contributed by atoms with Gasteiger partial charge < -0.3 is 9.88 Å². The summed E-state index contributed by atoms with van der Waals surface area (Å²) in [6, 6.07) is 0.670. The van der Waals surface area contributed by atoms with E-state index in [1.807, 2.05) is 6.20 Å². The predicted octanol–water partition coefficient (Wildman–Crippen LogP) is 1.87. The molecule has 0 bridgehead atoms. The van der Waals surface area contributed by atoms with Gasteiger partial charge in [-0.25, -0.2) is 4.98 Å². The maximum Gasteiger partial charge on any atom is 0.122 e. The largest absolute Gasteiger partial charge is 0.334 e. The molecule has 1 fully saturated rings. The van der Waals surface area contributed by atoms with E-state index in [-0.39, 0.29) is 0 Å². The Morgan fingerprint density at radius 1 is 1.44 bits per heavy atom. The number of piperidine rings is 1. The van der Waals surface area contributed by atoms with Gasteiger partial charge in [0.1, 0.15) is 5.82 Å². The number of imidazole rings is 1. The van der Waals surface area contributed by atoms with Crippen LogP contribution in [-0.2, 0) is 13.1 Å². The van der Waals surface area contributed by atoms with Crippen molar-refractivity contribution in [2.75, 3.05) is 19.6 Å². The summed E-state index contributed by atoms with van der Waals surface area (Å²) in [5.41, 5.74) is 0. The summed E-state index contributed by atoms with van der Waals surface area (Å²) in [5.74, 6) is 1.19. The van der Waals surface area contributed by atoms with Gasteiger partial charge in [-0.3, -0.25) is 4.90 Å². The molecule has 0 aliphatic carbocycles. The lowest BCUT2D eigenvalue weighted by molar-refractivity contribution is 0.220. The maximum absolute atomic E-state index is 4.47. The van der Waals surface area contributed by atoms with Crippen molar-refractivity contribution in [2.45, 2.75) is 52.2 Å². The van der Waals surface area contributed by atoms with Crippen LogP contribution in [0, 0.1) is 0 Å². The smallest absolute Gasteiger partial charge is 0.122 e. The van der Waals surface area contributed by atoms with Crippen LogP contribution in [0.15, 0.2) is 12.4 Å². The van der Waals surface area contributed by atoms with Crippen molar-refractivity contribution >= 4 is 0 Å². The third kappa shape index (κ3) is 3.56. The van der Waals surface area contributed by atoms with E-state index in [1.54, 1.807) is 0 Å². The van der Waals surface area contributed by atoms with E-state index >= 15 is 0 Å². The molecule has 0 amide bonds. The van der Waals surface area contributed by atoms with Gasteiger partial charge >= 0.3 is 0 Å². The van der Waals surface area contributed by atoms with E-state index in [4.69, 9.17) is 0 Å². The minimum atomic E-state index is 0.670. The fourth-order valence-electron chi connectivity index (χ4n) is 2.68. The molecule has 0 saturated carbocycles. The molecule has 0 radical (unpaired) electrons. The Bertz CT molecular complexity index is 341. The molecule has 4 nitrogen and oxygen atoms in total. The minimum absolute atomic E-state index is 0.670. The standard InChI is InChI=1S/C14H26N4/c1-3-17(11-13-7-5-6-8-15-13)12-14-16-9-10-18(14)4-2/h9-10,13,15H,3-8,11-12H2,1-2H3. The average molecular weight is 250 g/mol. The van der Waals surface area contributed by atoms with Crippen LogP contribution in [0.2, 0.25) is 0 Å². The van der Waals surface area contributed by atoms with E-state index in [0.717, 1.165) is 26.2 Å². The fourth-order valence-corrected chi connectivity index (χ4v) is 2.68. The third-order valence-corrected chi connectivity index (χ3v) is 3.85. The highest BCUT2D eigenvalue weighted by Gasteiger charge is 2.16. The van der Waals surface area contributed by atoms with Gasteiger partial charge in [-0.15, -0.1) is 0 Å². The summed E-state index contributed by atoms with van der Waals surface area (Å²) in [5, 5.41) is 3.62. The second-order valence-corrected chi connectivity index (χ2v) is 5.10. The van der Waals surface area contributed by atoms with E-state index in [9.17, 15) is 0 Å². The van der Waals surface area contributed by atoms with E-state index in [2.05, 4.69) is 39.8 Å². The molecule has 4 heteroatoms. The van der Waals surface area contributed by atoms with Crippen molar-refractivity contribution in [1.82, 2.24) is 19.8 Å². The van der Waals surface area contributed by atoms with Gasteiger partial charge in [0.2, 0.25) is 0 Å². The molecule has 1 unspecified atom stereocenters. The Morgan fingerprint density at radius 2 is 2.33 bits per heavy atom. The normalized spacial score (nSPS) is 20.5. The molecule has 18 heavy (non-hydrogen) atoms. The number of hydrogen-bond donors (Lipinski definition) is 1. The number of rotatable bonds is 6. The number of aromatic nitrogens is 2. The van der Waals surface area contributed by atoms with Gasteiger partial charge in [0.05, 0.1) is 6.54 Å². The molecule has 0 spiro atoms. The van der Waals surface area contributed by atoms with Crippen LogP contribution < -0.4 is 5.32 Å². The Balaban J connectivity index is 1.88. The summed E-state index contributed by atoms with van der Waals surface area (Å²) >= 11 is 0. The number of likely N-dealkylation sites (N-methyl/N-ethyl adjacent to an activating group) is 1. The summed E-state index contributed by atoms with van der Waals surface area (Å²) in [6.07, 6.45) is 8.01. The summed E-state index contributed by atoms with van der Waals surface area (Å²) in [4.78, 5) is 6.97. The van der Waals surface area contributed by atoms with Crippen molar-refractivity contribution in [2.24, 2.45) is 0 Å². The van der Waals surface area contributed by atoms with E-state index in [0.29, 0.717) is 6.04 Å². The molecule has 102 valence electrons. The molecule has 1 atom stereocenters. The Labute approximate surface area is 110 Å². The van der Waals surface area contributed by atoms with Crippen LogP contribution in [0.1, 0.15) is 38.9 Å². The van der Waals surface area contributed by atoms with Gasteiger partial charge in [-0.05, 0) is 32.9 Å². The van der Waals surface area contributed by atoms with E-state index < -0.39 is 0 Å². The number of hydrogen-bond acceptors (Lipinski definition) is 3. The Hall–Kier alpha value is -0.870. The Kier molecular flexibility index (Phi) is 5.20. The summed E-state index contributed by atoms with van der Waals surface area (Å²) in [6.45, 7) is 9.81. The first-order valence-electron chi connectivity index (χ1n) is 7.29. The lowest BCUT2D eigenvalue weighted by atomic mass is 10.0. The second kappa shape index (κ2) is 6.90. The zero-order valence-electron chi connectivity index (χ0n) is 11.7. The van der Waals surface area contributed by atoms with Crippen LogP contribution in [0.25, 0.3) is 0 Å². The van der Waals surface area contributed by atoms with Crippen molar-refractivity contribution in [3.63, 3.8) is 0 Å². The van der Waals surface area contributed by atoms with Gasteiger partial charge in [-0.1, -0.05) is 13.3 Å². The SMILES string of the molecule is CCN(Cc1nccn1CC)CC1CCCCN1. The van der Waals surface area contributed by atoms with Crippen LogP contribution in [0.3, 0.4) is 0 Å². The van der Waals surface area contributed by atoms with Crippen LogP contribution in [0.5, 0.6) is 0 Å². The van der Waals surface area contributed by atoms with Crippen molar-refractivity contribution < 1.29 is 0 Å². The number of aryl methyl sites for hydroxylation is 1. The van der Waals surface area contributed by atoms with Crippen LogP contribution >= 0.6 is 0 Å². The van der Waals surface area contributed by atoms with Crippen molar-refractivity contribution in [3.05, 3.63) is 18.2 Å². The zero-order valence-corrected chi connectivity index (χ0v) is 11.7. The minimum Gasteiger partial charge on any atom is -0.334 e. The second-order valence-electron chi connectivity index (χ2n) is 5.10. The predicted molar refractivity (Wildman–Crippen MR) is 74.5 cm³/mol. The highest BCUT2D eigenvalue weighted by Crippen LogP contribution is 2.10. The molecule has 1 aromatic rings. The van der Waals surface area contributed by atoms with Gasteiger partial charge in [0.15, 0.2) is 0 Å². The molecular formula is C14H26N4. The van der Waals surface area contributed by atoms with Crippen molar-refractivity contribution in [3.8, 4) is 0 Å². The molecule has 0 aromatic carbocycles. The zero-order chi connectivity index (χ0) is 12.8. The lowest BCUT2D eigenvalue weighted by Gasteiger charge is -2.29. The molecular weight excluding hydrogens is 224 g/mol. The van der Waals surface area contributed by atoms with Gasteiger partial charge in [0, 0.05) is 31.5 Å². The van der Waals surface area contributed by atoms with Gasteiger partial charge in [0.25, 0.3) is 0 Å². The first-order chi connectivity index (χ1) is 8.83. The van der Waals surface area contributed by atoms with Crippen LogP contribution in [-0.4, -0.2) is 40.1 Å². The quantitative estimate of drug-likeness (QED) is 0.836. The topological polar surface area (TPSA) is 33.1 Å². The van der Waals surface area contributed by atoms with Gasteiger partial charge in [-0.2, -0.15) is 0 Å². The van der Waals surface area contributed by atoms with Crippen molar-refractivity contribution in [1.29, 1.82) is 0 Å². The Morgan fingerprint density at radius 3 is 3.00 bits per heavy atom. The van der Waals surface area contributed by atoms with Crippen LogP contribution in [0.4, 0.5) is 0 Å². The average Bonchev–Trinajstić information content (AvgIpc) is 2.86. The monoisotopic (exact) mass is 250 g/mol. The molecule has 1 N–H and O–H groups in total. The highest BCUT2D eigenvalue weighted by atomic mass is 15.2. The first-order valence-corrected chi connectivity index (χ1v) is 7.29. The molecule has 2 rings (SSSR count).